The second kappa shape index (κ2) is 8.60. The molecule has 0 atom stereocenters. The summed E-state index contributed by atoms with van der Waals surface area (Å²) in [6.45, 7) is 3.05. The smallest absolute Gasteiger partial charge is 0.0843 e. The summed E-state index contributed by atoms with van der Waals surface area (Å²) in [5.41, 5.74) is 0. The van der Waals surface area contributed by atoms with E-state index in [-0.39, 0.29) is 6.61 Å². The third-order valence-corrected chi connectivity index (χ3v) is 5.13. The van der Waals surface area contributed by atoms with Crippen molar-refractivity contribution >= 4 is 43.2 Å². The molecule has 0 aliphatic rings. The van der Waals surface area contributed by atoms with Gasteiger partial charge in [0, 0.05) is 22.5 Å². The average molecular weight is 373 g/mol. The van der Waals surface area contributed by atoms with Gasteiger partial charge in [-0.1, -0.05) is 0 Å². The molecule has 0 radical (unpaired) electrons. The maximum atomic E-state index is 8.50. The molecule has 1 aromatic heterocycles. The zero-order chi connectivity index (χ0) is 11.8. The van der Waals surface area contributed by atoms with Crippen LogP contribution in [0.25, 0.3) is 0 Å². The topological polar surface area (TPSA) is 41.5 Å². The summed E-state index contributed by atoms with van der Waals surface area (Å²) < 4.78 is 7.40. The molecular weight excluding hydrogens is 358 g/mol. The van der Waals surface area contributed by atoms with Gasteiger partial charge in [0.25, 0.3) is 0 Å². The highest BCUT2D eigenvalue weighted by Gasteiger charge is 2.02. The maximum absolute atomic E-state index is 8.50. The van der Waals surface area contributed by atoms with E-state index in [0.29, 0.717) is 13.2 Å². The van der Waals surface area contributed by atoms with Crippen molar-refractivity contribution in [3.05, 3.63) is 19.2 Å². The first-order valence-electron chi connectivity index (χ1n) is 5.07. The lowest BCUT2D eigenvalue weighted by molar-refractivity contribution is 0.0907. The molecular formula is C10H15Br2NO2S. The van der Waals surface area contributed by atoms with E-state index in [9.17, 15) is 0 Å². The average Bonchev–Trinajstić information content (AvgIpc) is 2.57. The summed E-state index contributed by atoms with van der Waals surface area (Å²) in [6.07, 6.45) is 0.966. The molecule has 0 aliphatic carbocycles. The van der Waals surface area contributed by atoms with Crippen molar-refractivity contribution in [1.82, 2.24) is 5.32 Å². The fraction of sp³-hybridized carbons (Fsp3) is 0.600. The van der Waals surface area contributed by atoms with E-state index >= 15 is 0 Å². The van der Waals surface area contributed by atoms with Gasteiger partial charge in [-0.05, 0) is 50.9 Å². The fourth-order valence-electron chi connectivity index (χ4n) is 1.16. The van der Waals surface area contributed by atoms with Crippen LogP contribution >= 0.6 is 43.2 Å². The molecule has 0 spiro atoms. The van der Waals surface area contributed by atoms with Gasteiger partial charge in [0.15, 0.2) is 0 Å². The van der Waals surface area contributed by atoms with Crippen LogP contribution in [-0.4, -0.2) is 31.5 Å². The summed E-state index contributed by atoms with van der Waals surface area (Å²) >= 11 is 8.66. The van der Waals surface area contributed by atoms with Gasteiger partial charge in [-0.3, -0.25) is 0 Å². The number of aliphatic hydroxyl groups is 1. The number of hydrogen-bond acceptors (Lipinski definition) is 4. The highest BCUT2D eigenvalue weighted by atomic mass is 79.9. The monoisotopic (exact) mass is 371 g/mol. The first-order valence-corrected chi connectivity index (χ1v) is 7.47. The Balaban J connectivity index is 2.03. The van der Waals surface area contributed by atoms with Gasteiger partial charge in [-0.25, -0.2) is 0 Å². The quantitative estimate of drug-likeness (QED) is 0.689. The highest BCUT2D eigenvalue weighted by Crippen LogP contribution is 2.32. The first kappa shape index (κ1) is 14.6. The van der Waals surface area contributed by atoms with Crippen molar-refractivity contribution in [3.63, 3.8) is 0 Å². The number of halogens is 2. The van der Waals surface area contributed by atoms with Gasteiger partial charge in [-0.2, -0.15) is 0 Å². The minimum absolute atomic E-state index is 0.102. The van der Waals surface area contributed by atoms with Crippen molar-refractivity contribution in [1.29, 1.82) is 0 Å². The Labute approximate surface area is 116 Å². The summed E-state index contributed by atoms with van der Waals surface area (Å²) in [5, 5.41) is 11.8. The lowest BCUT2D eigenvalue weighted by Crippen LogP contribution is -2.16. The molecule has 6 heteroatoms. The first-order chi connectivity index (χ1) is 7.74. The Morgan fingerprint density at radius 2 is 2.19 bits per heavy atom. The van der Waals surface area contributed by atoms with Crippen molar-refractivity contribution in [2.45, 2.75) is 13.0 Å². The Morgan fingerprint density at radius 3 is 2.81 bits per heavy atom. The van der Waals surface area contributed by atoms with Crippen LogP contribution in [0.2, 0.25) is 0 Å². The van der Waals surface area contributed by atoms with Gasteiger partial charge in [0.05, 0.1) is 17.0 Å². The molecule has 1 rings (SSSR count). The highest BCUT2D eigenvalue weighted by molar-refractivity contribution is 9.13. The second-order valence-electron chi connectivity index (χ2n) is 3.20. The molecule has 16 heavy (non-hydrogen) atoms. The molecule has 1 aromatic rings. The largest absolute Gasteiger partial charge is 0.394 e. The lowest BCUT2D eigenvalue weighted by atomic mass is 10.4. The molecule has 0 aliphatic heterocycles. The Hall–Kier alpha value is 0.540. The van der Waals surface area contributed by atoms with Crippen LogP contribution in [0.15, 0.2) is 14.3 Å². The Bertz CT molecular complexity index is 288. The van der Waals surface area contributed by atoms with Crippen LogP contribution in [0.5, 0.6) is 0 Å². The van der Waals surface area contributed by atoms with Gasteiger partial charge in [0.2, 0.25) is 0 Å². The van der Waals surface area contributed by atoms with E-state index in [1.807, 2.05) is 0 Å². The van der Waals surface area contributed by atoms with E-state index in [1.54, 1.807) is 11.3 Å². The van der Waals surface area contributed by atoms with Gasteiger partial charge in [0.1, 0.15) is 0 Å². The summed E-state index contributed by atoms with van der Waals surface area (Å²) in [4.78, 5) is 1.30. The molecule has 2 N–H and O–H groups in total. The van der Waals surface area contributed by atoms with Gasteiger partial charge >= 0.3 is 0 Å². The molecule has 0 amide bonds. The molecule has 0 unspecified atom stereocenters. The summed E-state index contributed by atoms with van der Waals surface area (Å²) in [5.74, 6) is 0. The fourth-order valence-corrected chi connectivity index (χ4v) is 3.30. The minimum Gasteiger partial charge on any atom is -0.394 e. The zero-order valence-electron chi connectivity index (χ0n) is 8.84. The number of ether oxygens (including phenoxy) is 1. The van der Waals surface area contributed by atoms with Crippen LogP contribution < -0.4 is 5.32 Å². The molecule has 0 fully saturated rings. The molecule has 3 nitrogen and oxygen atoms in total. The van der Waals surface area contributed by atoms with Crippen LogP contribution in [0.1, 0.15) is 11.3 Å². The molecule has 0 aromatic carbocycles. The number of thiophene rings is 1. The molecule has 0 bridgehead atoms. The Kier molecular flexibility index (Phi) is 7.85. The van der Waals surface area contributed by atoms with E-state index in [4.69, 9.17) is 9.84 Å². The molecule has 1 heterocycles. The molecule has 0 saturated carbocycles. The number of aliphatic hydroxyl groups excluding tert-OH is 1. The summed E-state index contributed by atoms with van der Waals surface area (Å²) in [7, 11) is 0. The molecule has 0 saturated heterocycles. The van der Waals surface area contributed by atoms with Gasteiger partial charge in [-0.15, -0.1) is 11.3 Å². The summed E-state index contributed by atoms with van der Waals surface area (Å²) in [6, 6.07) is 2.12. The van der Waals surface area contributed by atoms with Crippen molar-refractivity contribution in [2.24, 2.45) is 0 Å². The third-order valence-electron chi connectivity index (χ3n) is 1.87. The SMILES string of the molecule is OCCOCCCNCc1cc(Br)c(Br)s1. The van der Waals surface area contributed by atoms with Crippen molar-refractivity contribution < 1.29 is 9.84 Å². The molecule has 92 valence electrons. The lowest BCUT2D eigenvalue weighted by Gasteiger charge is -2.03. The van der Waals surface area contributed by atoms with Crippen molar-refractivity contribution in [3.8, 4) is 0 Å². The number of hydrogen-bond donors (Lipinski definition) is 2. The van der Waals surface area contributed by atoms with Gasteiger partial charge < -0.3 is 15.2 Å². The standard InChI is InChI=1S/C10H15Br2NO2S/c11-9-6-8(16-10(9)12)7-13-2-1-4-15-5-3-14/h6,13-14H,1-5,7H2. The maximum Gasteiger partial charge on any atom is 0.0843 e. The second-order valence-corrected chi connectivity index (χ2v) is 6.51. The number of nitrogens with one attached hydrogen (secondary N) is 1. The predicted octanol–water partition coefficient (Wildman–Crippen LogP) is 2.76. The third kappa shape index (κ3) is 5.75. The van der Waals surface area contributed by atoms with Crippen LogP contribution in [-0.2, 0) is 11.3 Å². The number of rotatable bonds is 8. The van der Waals surface area contributed by atoms with Crippen LogP contribution in [0.4, 0.5) is 0 Å². The van der Waals surface area contributed by atoms with Crippen LogP contribution in [0, 0.1) is 0 Å². The Morgan fingerprint density at radius 1 is 1.38 bits per heavy atom. The normalized spacial score (nSPS) is 10.9. The van der Waals surface area contributed by atoms with Crippen molar-refractivity contribution in [2.75, 3.05) is 26.4 Å². The van der Waals surface area contributed by atoms with E-state index < -0.39 is 0 Å². The zero-order valence-corrected chi connectivity index (χ0v) is 12.8. The van der Waals surface area contributed by atoms with Crippen LogP contribution in [0.3, 0.4) is 0 Å². The minimum atomic E-state index is 0.102. The van der Waals surface area contributed by atoms with E-state index in [0.717, 1.165) is 27.8 Å². The van der Waals surface area contributed by atoms with E-state index in [1.165, 1.54) is 4.88 Å². The van der Waals surface area contributed by atoms with E-state index in [2.05, 4.69) is 43.2 Å². The predicted molar refractivity (Wildman–Crippen MR) is 73.9 cm³/mol.